The van der Waals surface area contributed by atoms with Crippen molar-refractivity contribution in [3.8, 4) is 0 Å². The molecule has 2 heterocycles. The molecule has 1 aliphatic heterocycles. The fourth-order valence-electron chi connectivity index (χ4n) is 3.74. The maximum Gasteiger partial charge on any atom is 0.345 e. The molecule has 2 aromatic rings. The molecule has 1 aliphatic rings. The van der Waals surface area contributed by atoms with Gasteiger partial charge in [-0.3, -0.25) is 9.36 Å². The molecule has 8 nitrogen and oxygen atoms in total. The Hall–Kier alpha value is -2.61. The zero-order valence-electron chi connectivity index (χ0n) is 18.6. The third kappa shape index (κ3) is 5.30. The van der Waals surface area contributed by atoms with E-state index in [0.717, 1.165) is 49.4 Å². The Labute approximate surface area is 178 Å². The lowest BCUT2D eigenvalue weighted by molar-refractivity contribution is 0.0933. The molecule has 0 saturated carbocycles. The lowest BCUT2D eigenvalue weighted by Crippen LogP contribution is -2.36. The fourth-order valence-corrected chi connectivity index (χ4v) is 3.74. The van der Waals surface area contributed by atoms with Crippen LogP contribution in [0.3, 0.4) is 0 Å². The smallest absolute Gasteiger partial charge is 0.345 e. The molecule has 1 aromatic heterocycles. The van der Waals surface area contributed by atoms with Crippen molar-refractivity contribution in [2.24, 2.45) is 0 Å². The zero-order chi connectivity index (χ0) is 21.7. The predicted octanol–water partition coefficient (Wildman–Crippen LogP) is 1.87. The first-order valence-corrected chi connectivity index (χ1v) is 10.9. The number of benzene rings is 1. The minimum absolute atomic E-state index is 0.0216. The molecule has 2 N–H and O–H groups in total. The van der Waals surface area contributed by atoms with Gasteiger partial charge >= 0.3 is 5.69 Å². The zero-order valence-corrected chi connectivity index (χ0v) is 18.6. The van der Waals surface area contributed by atoms with Crippen LogP contribution in [0.15, 0.2) is 23.0 Å². The number of rotatable bonds is 8. The van der Waals surface area contributed by atoms with Gasteiger partial charge in [-0.15, -0.1) is 0 Å². The summed E-state index contributed by atoms with van der Waals surface area (Å²) < 4.78 is 3.33. The van der Waals surface area contributed by atoms with Gasteiger partial charge < -0.3 is 15.5 Å². The van der Waals surface area contributed by atoms with E-state index < -0.39 is 0 Å². The summed E-state index contributed by atoms with van der Waals surface area (Å²) in [5.41, 5.74) is 2.55. The lowest BCUT2D eigenvalue weighted by atomic mass is 10.1. The maximum absolute atomic E-state index is 13.0. The highest BCUT2D eigenvalue weighted by Gasteiger charge is 2.23. The molecule has 1 atom stereocenters. The third-order valence-electron chi connectivity index (χ3n) is 5.50. The number of nitrogens with one attached hydrogen (secondary N) is 2. The standard InChI is InChI=1S/C22H34N6O2/c1-5-11-23-19-8-6-16(2)15-18(19)21(29)24-17-7-9-20-25-28(14-13-26(3)4)22(30)27(20)12-10-17/h6,8,15,17,23H,5,7,9-14H2,1-4H3,(H,24,29). The van der Waals surface area contributed by atoms with Gasteiger partial charge in [0, 0.05) is 37.8 Å². The van der Waals surface area contributed by atoms with Gasteiger partial charge in [0.25, 0.3) is 5.91 Å². The van der Waals surface area contributed by atoms with Crippen LogP contribution in [0.5, 0.6) is 0 Å². The molecule has 3 rings (SSSR count). The minimum Gasteiger partial charge on any atom is -0.384 e. The SMILES string of the molecule is CCCNc1ccc(C)cc1C(=O)NC1CCc2nn(CCN(C)C)c(=O)n2CC1. The van der Waals surface area contributed by atoms with E-state index in [2.05, 4.69) is 22.7 Å². The molecule has 1 amide bonds. The van der Waals surface area contributed by atoms with E-state index in [-0.39, 0.29) is 17.6 Å². The van der Waals surface area contributed by atoms with Gasteiger partial charge in [-0.2, -0.15) is 5.10 Å². The van der Waals surface area contributed by atoms with Crippen LogP contribution in [0.4, 0.5) is 5.69 Å². The topological polar surface area (TPSA) is 84.2 Å². The summed E-state index contributed by atoms with van der Waals surface area (Å²) in [5.74, 6) is 0.751. The minimum atomic E-state index is -0.0646. The quantitative estimate of drug-likeness (QED) is 0.689. The Morgan fingerprint density at radius 2 is 2.10 bits per heavy atom. The van der Waals surface area contributed by atoms with Crippen molar-refractivity contribution in [3.05, 3.63) is 45.6 Å². The summed E-state index contributed by atoms with van der Waals surface area (Å²) in [6, 6.07) is 5.94. The van der Waals surface area contributed by atoms with Crippen LogP contribution in [-0.2, 0) is 19.5 Å². The van der Waals surface area contributed by atoms with Crippen LogP contribution in [0.25, 0.3) is 0 Å². The van der Waals surface area contributed by atoms with Crippen molar-refractivity contribution in [2.45, 2.75) is 58.7 Å². The van der Waals surface area contributed by atoms with E-state index in [0.29, 0.717) is 25.1 Å². The molecule has 1 aromatic carbocycles. The summed E-state index contributed by atoms with van der Waals surface area (Å²) >= 11 is 0. The number of carbonyl (C=O) groups is 1. The first kappa shape index (κ1) is 22.1. The van der Waals surface area contributed by atoms with E-state index in [1.807, 2.05) is 44.1 Å². The molecule has 1 unspecified atom stereocenters. The summed E-state index contributed by atoms with van der Waals surface area (Å²) in [6.45, 7) is 6.87. The molecule has 0 bridgehead atoms. The van der Waals surface area contributed by atoms with Gasteiger partial charge in [-0.25, -0.2) is 9.48 Å². The number of hydrogen-bond acceptors (Lipinski definition) is 5. The Kier molecular flexibility index (Phi) is 7.31. The number of carbonyl (C=O) groups excluding carboxylic acids is 1. The molecular weight excluding hydrogens is 380 g/mol. The van der Waals surface area contributed by atoms with Gasteiger partial charge in [-0.1, -0.05) is 18.6 Å². The Balaban J connectivity index is 1.66. The third-order valence-corrected chi connectivity index (χ3v) is 5.50. The van der Waals surface area contributed by atoms with Crippen LogP contribution in [0, 0.1) is 6.92 Å². The van der Waals surface area contributed by atoms with Crippen molar-refractivity contribution < 1.29 is 4.79 Å². The normalized spacial score (nSPS) is 16.2. The predicted molar refractivity (Wildman–Crippen MR) is 119 cm³/mol. The number of aromatic nitrogens is 3. The first-order chi connectivity index (χ1) is 14.4. The highest BCUT2D eigenvalue weighted by Crippen LogP contribution is 2.19. The second-order valence-electron chi connectivity index (χ2n) is 8.35. The van der Waals surface area contributed by atoms with Crippen LogP contribution in [0.1, 0.15) is 47.9 Å². The molecule has 30 heavy (non-hydrogen) atoms. The van der Waals surface area contributed by atoms with Crippen LogP contribution in [0.2, 0.25) is 0 Å². The first-order valence-electron chi connectivity index (χ1n) is 10.9. The number of anilines is 1. The van der Waals surface area contributed by atoms with E-state index in [1.165, 1.54) is 0 Å². The monoisotopic (exact) mass is 414 g/mol. The molecule has 164 valence electrons. The van der Waals surface area contributed by atoms with Crippen LogP contribution < -0.4 is 16.3 Å². The average molecular weight is 415 g/mol. The number of likely N-dealkylation sites (N-methyl/N-ethyl adjacent to an activating group) is 1. The van der Waals surface area contributed by atoms with Crippen molar-refractivity contribution in [1.29, 1.82) is 0 Å². The van der Waals surface area contributed by atoms with Crippen molar-refractivity contribution in [2.75, 3.05) is 32.5 Å². The van der Waals surface area contributed by atoms with E-state index >= 15 is 0 Å². The second-order valence-corrected chi connectivity index (χ2v) is 8.35. The molecular formula is C22H34N6O2. The molecule has 8 heteroatoms. The van der Waals surface area contributed by atoms with Crippen molar-refractivity contribution >= 4 is 11.6 Å². The number of aryl methyl sites for hydroxylation is 2. The van der Waals surface area contributed by atoms with Gasteiger partial charge in [0.15, 0.2) is 0 Å². The van der Waals surface area contributed by atoms with Crippen molar-refractivity contribution in [1.82, 2.24) is 24.6 Å². The van der Waals surface area contributed by atoms with E-state index in [1.54, 1.807) is 9.25 Å². The fraction of sp³-hybridized carbons (Fsp3) is 0.591. The molecule has 0 aliphatic carbocycles. The second kappa shape index (κ2) is 9.93. The summed E-state index contributed by atoms with van der Waals surface area (Å²) in [5, 5.41) is 11.1. The number of hydrogen-bond donors (Lipinski definition) is 2. The summed E-state index contributed by atoms with van der Waals surface area (Å²) in [4.78, 5) is 27.7. The van der Waals surface area contributed by atoms with Gasteiger partial charge in [-0.05, 0) is 52.4 Å². The highest BCUT2D eigenvalue weighted by atomic mass is 16.2. The molecule has 0 spiro atoms. The van der Waals surface area contributed by atoms with E-state index in [4.69, 9.17) is 0 Å². The Bertz CT molecular complexity index is 930. The molecule has 0 radical (unpaired) electrons. The van der Waals surface area contributed by atoms with Gasteiger partial charge in [0.05, 0.1) is 12.1 Å². The van der Waals surface area contributed by atoms with Crippen LogP contribution in [-0.4, -0.2) is 58.4 Å². The Morgan fingerprint density at radius 3 is 2.83 bits per heavy atom. The number of fused-ring (bicyclic) bond motifs is 1. The van der Waals surface area contributed by atoms with Gasteiger partial charge in [0.1, 0.15) is 5.82 Å². The molecule has 0 fully saturated rings. The number of nitrogens with zero attached hydrogens (tertiary/aromatic N) is 4. The largest absolute Gasteiger partial charge is 0.384 e. The Morgan fingerprint density at radius 1 is 1.30 bits per heavy atom. The number of amides is 1. The highest BCUT2D eigenvalue weighted by molar-refractivity contribution is 6.00. The summed E-state index contributed by atoms with van der Waals surface area (Å²) in [6.07, 6.45) is 3.18. The van der Waals surface area contributed by atoms with Crippen LogP contribution >= 0.6 is 0 Å². The average Bonchev–Trinajstić information content (AvgIpc) is 2.88. The summed E-state index contributed by atoms with van der Waals surface area (Å²) in [7, 11) is 3.97. The van der Waals surface area contributed by atoms with Crippen molar-refractivity contribution in [3.63, 3.8) is 0 Å². The lowest BCUT2D eigenvalue weighted by Gasteiger charge is -2.18. The molecule has 0 saturated heterocycles. The maximum atomic E-state index is 13.0. The van der Waals surface area contributed by atoms with Gasteiger partial charge in [0.2, 0.25) is 0 Å². The van der Waals surface area contributed by atoms with E-state index in [9.17, 15) is 9.59 Å².